The Morgan fingerprint density at radius 2 is 2.40 bits per heavy atom. The Kier molecular flexibility index (Phi) is 4.93. The highest BCUT2D eigenvalue weighted by molar-refractivity contribution is 7.14. The van der Waals surface area contributed by atoms with Crippen molar-refractivity contribution in [2.24, 2.45) is 5.92 Å². The van der Waals surface area contributed by atoms with Gasteiger partial charge in [-0.2, -0.15) is 8.78 Å². The highest BCUT2D eigenvalue weighted by atomic mass is 32.1. The minimum Gasteiger partial charge on any atom is -0.433 e. The fraction of sp³-hybridized carbons (Fsp3) is 0.615. The molecule has 1 fully saturated rings. The number of carbonyl (C=O) groups is 1. The maximum Gasteiger partial charge on any atom is 0.387 e. The largest absolute Gasteiger partial charge is 0.433 e. The summed E-state index contributed by atoms with van der Waals surface area (Å²) in [6.45, 7) is -0.122. The van der Waals surface area contributed by atoms with Crippen molar-refractivity contribution in [1.82, 2.24) is 4.90 Å². The lowest BCUT2D eigenvalue weighted by atomic mass is 9.99. The van der Waals surface area contributed by atoms with Crippen molar-refractivity contribution >= 4 is 17.2 Å². The molecule has 0 aromatic carbocycles. The molecule has 1 N–H and O–H groups in total. The van der Waals surface area contributed by atoms with E-state index in [1.165, 1.54) is 6.07 Å². The lowest BCUT2D eigenvalue weighted by molar-refractivity contribution is -0.0499. The Morgan fingerprint density at radius 1 is 1.65 bits per heavy atom. The van der Waals surface area contributed by atoms with E-state index < -0.39 is 6.61 Å². The zero-order chi connectivity index (χ0) is 14.7. The van der Waals surface area contributed by atoms with Gasteiger partial charge in [-0.15, -0.1) is 11.3 Å². The van der Waals surface area contributed by atoms with Gasteiger partial charge in [-0.1, -0.05) is 0 Å². The molecule has 0 spiro atoms. The van der Waals surface area contributed by atoms with E-state index in [1.807, 2.05) is 0 Å². The zero-order valence-corrected chi connectivity index (χ0v) is 12.0. The molecule has 1 aromatic heterocycles. The van der Waals surface area contributed by atoms with Gasteiger partial charge in [-0.25, -0.2) is 0 Å². The highest BCUT2D eigenvalue weighted by Gasteiger charge is 2.28. The predicted molar refractivity (Wildman–Crippen MR) is 71.4 cm³/mol. The second kappa shape index (κ2) is 6.49. The summed E-state index contributed by atoms with van der Waals surface area (Å²) in [5, 5.41) is 9.18. The summed E-state index contributed by atoms with van der Waals surface area (Å²) in [5.41, 5.74) is 0. The number of nitrogens with zero attached hydrogens (tertiary/aromatic N) is 1. The molecule has 112 valence electrons. The Balaban J connectivity index is 2.15. The summed E-state index contributed by atoms with van der Waals surface area (Å²) in [6, 6.07) is 1.46. The van der Waals surface area contributed by atoms with Crippen LogP contribution in [0.1, 0.15) is 27.4 Å². The van der Waals surface area contributed by atoms with Crippen LogP contribution in [0, 0.1) is 12.8 Å². The molecule has 2 heterocycles. The van der Waals surface area contributed by atoms with E-state index in [0.717, 1.165) is 29.1 Å². The number of hydrogen-bond donors (Lipinski definition) is 1. The van der Waals surface area contributed by atoms with Crippen LogP contribution < -0.4 is 4.74 Å². The van der Waals surface area contributed by atoms with Gasteiger partial charge in [0, 0.05) is 24.6 Å². The Bertz CT molecular complexity index is 478. The van der Waals surface area contributed by atoms with Crippen LogP contribution in [-0.2, 0) is 0 Å². The molecule has 0 aliphatic carbocycles. The van der Waals surface area contributed by atoms with Crippen molar-refractivity contribution in [3.8, 4) is 5.75 Å². The van der Waals surface area contributed by atoms with Gasteiger partial charge in [-0.3, -0.25) is 4.79 Å². The van der Waals surface area contributed by atoms with Crippen LogP contribution in [0.3, 0.4) is 0 Å². The van der Waals surface area contributed by atoms with Crippen LogP contribution in [0.15, 0.2) is 6.07 Å². The molecule has 1 atom stereocenters. The van der Waals surface area contributed by atoms with Gasteiger partial charge in [0.1, 0.15) is 10.6 Å². The first-order valence-corrected chi connectivity index (χ1v) is 7.28. The third-order valence-corrected chi connectivity index (χ3v) is 4.32. The predicted octanol–water partition coefficient (Wildman–Crippen LogP) is 2.50. The van der Waals surface area contributed by atoms with Crippen LogP contribution in [0.5, 0.6) is 5.75 Å². The first-order chi connectivity index (χ1) is 9.51. The topological polar surface area (TPSA) is 49.8 Å². The molecule has 7 heteroatoms. The molecule has 2 rings (SSSR count). The van der Waals surface area contributed by atoms with Gasteiger partial charge < -0.3 is 14.7 Å². The number of likely N-dealkylation sites (tertiary alicyclic amines) is 1. The molecule has 20 heavy (non-hydrogen) atoms. The number of aliphatic hydroxyl groups is 1. The van der Waals surface area contributed by atoms with E-state index in [9.17, 15) is 18.7 Å². The van der Waals surface area contributed by atoms with Crippen LogP contribution in [0.25, 0.3) is 0 Å². The minimum absolute atomic E-state index is 0.0354. The summed E-state index contributed by atoms with van der Waals surface area (Å²) in [5.74, 6) is -0.288. The zero-order valence-electron chi connectivity index (χ0n) is 11.1. The van der Waals surface area contributed by atoms with E-state index in [-0.39, 0.29) is 29.1 Å². The van der Waals surface area contributed by atoms with Crippen LogP contribution in [0.2, 0.25) is 0 Å². The molecule has 0 radical (unpaired) electrons. The van der Waals surface area contributed by atoms with Crippen molar-refractivity contribution in [3.05, 3.63) is 15.8 Å². The minimum atomic E-state index is -2.94. The number of carbonyl (C=O) groups excluding carboxylic acids is 1. The molecule has 1 aliphatic heterocycles. The number of hydrogen-bond acceptors (Lipinski definition) is 4. The summed E-state index contributed by atoms with van der Waals surface area (Å²) < 4.78 is 29.1. The average molecular weight is 305 g/mol. The number of rotatable bonds is 4. The molecule has 0 saturated carbocycles. The average Bonchev–Trinajstić information content (AvgIpc) is 2.78. The van der Waals surface area contributed by atoms with E-state index in [0.29, 0.717) is 13.1 Å². The Hall–Kier alpha value is -1.21. The van der Waals surface area contributed by atoms with Gasteiger partial charge in [0.25, 0.3) is 5.91 Å². The highest BCUT2D eigenvalue weighted by Crippen LogP contribution is 2.32. The van der Waals surface area contributed by atoms with E-state index >= 15 is 0 Å². The van der Waals surface area contributed by atoms with Crippen molar-refractivity contribution in [1.29, 1.82) is 0 Å². The normalized spacial score (nSPS) is 19.4. The summed E-state index contributed by atoms with van der Waals surface area (Å²) in [4.78, 5) is 15.0. The van der Waals surface area contributed by atoms with Crippen molar-refractivity contribution < 1.29 is 23.4 Å². The smallest absolute Gasteiger partial charge is 0.387 e. The number of ether oxygens (including phenoxy) is 1. The van der Waals surface area contributed by atoms with Gasteiger partial charge >= 0.3 is 6.61 Å². The maximum atomic E-state index is 12.4. The number of amides is 1. The lowest BCUT2D eigenvalue weighted by Crippen LogP contribution is -2.40. The summed E-state index contributed by atoms with van der Waals surface area (Å²) >= 11 is 1.15. The first kappa shape index (κ1) is 15.2. The SMILES string of the molecule is Cc1cc(OC(F)F)c(C(=O)N2CCCC(CO)C2)s1. The third kappa shape index (κ3) is 3.46. The van der Waals surface area contributed by atoms with Gasteiger partial charge in [0.15, 0.2) is 0 Å². The maximum absolute atomic E-state index is 12.4. The Labute approximate surface area is 120 Å². The number of aryl methyl sites for hydroxylation is 1. The lowest BCUT2D eigenvalue weighted by Gasteiger charge is -2.31. The number of alkyl halides is 2. The van der Waals surface area contributed by atoms with Crippen LogP contribution in [0.4, 0.5) is 8.78 Å². The molecule has 1 amide bonds. The quantitative estimate of drug-likeness (QED) is 0.930. The summed E-state index contributed by atoms with van der Waals surface area (Å²) in [6.07, 6.45) is 1.69. The molecule has 0 bridgehead atoms. The first-order valence-electron chi connectivity index (χ1n) is 6.46. The molecular formula is C13H17F2NO3S. The fourth-order valence-corrected chi connectivity index (χ4v) is 3.28. The molecular weight excluding hydrogens is 288 g/mol. The van der Waals surface area contributed by atoms with Crippen molar-refractivity contribution in [2.75, 3.05) is 19.7 Å². The summed E-state index contributed by atoms with van der Waals surface area (Å²) in [7, 11) is 0. The van der Waals surface area contributed by atoms with Crippen LogP contribution >= 0.6 is 11.3 Å². The molecule has 1 aromatic rings. The third-order valence-electron chi connectivity index (χ3n) is 3.30. The monoisotopic (exact) mass is 305 g/mol. The van der Waals surface area contributed by atoms with Gasteiger partial charge in [-0.05, 0) is 31.7 Å². The van der Waals surface area contributed by atoms with Gasteiger partial charge in [0.2, 0.25) is 0 Å². The molecule has 1 unspecified atom stereocenters. The Morgan fingerprint density at radius 3 is 3.05 bits per heavy atom. The second-order valence-corrected chi connectivity index (χ2v) is 6.13. The number of aliphatic hydroxyl groups excluding tert-OH is 1. The van der Waals surface area contributed by atoms with Crippen molar-refractivity contribution in [3.63, 3.8) is 0 Å². The fourth-order valence-electron chi connectivity index (χ4n) is 2.37. The standard InChI is InChI=1S/C13H17F2NO3S/c1-8-5-10(19-13(14)15)11(20-8)12(18)16-4-2-3-9(6-16)7-17/h5,9,13,17H,2-4,6-7H2,1H3. The van der Waals surface area contributed by atoms with E-state index in [1.54, 1.807) is 11.8 Å². The second-order valence-electron chi connectivity index (χ2n) is 4.87. The molecule has 1 aliphatic rings. The van der Waals surface area contributed by atoms with E-state index in [2.05, 4.69) is 4.74 Å². The van der Waals surface area contributed by atoms with Crippen molar-refractivity contribution in [2.45, 2.75) is 26.4 Å². The molecule has 4 nitrogen and oxygen atoms in total. The number of halogens is 2. The van der Waals surface area contributed by atoms with Gasteiger partial charge in [0.05, 0.1) is 0 Å². The van der Waals surface area contributed by atoms with Crippen LogP contribution in [-0.4, -0.2) is 42.2 Å². The number of thiophene rings is 1. The van der Waals surface area contributed by atoms with E-state index in [4.69, 9.17) is 0 Å². The molecule has 1 saturated heterocycles. The number of piperidine rings is 1.